The highest BCUT2D eigenvalue weighted by molar-refractivity contribution is 7.13. The summed E-state index contributed by atoms with van der Waals surface area (Å²) in [6, 6.07) is 7.64. The van der Waals surface area contributed by atoms with Crippen molar-refractivity contribution in [3.05, 3.63) is 53.9 Å². The third-order valence-electron chi connectivity index (χ3n) is 4.27. The Bertz CT molecular complexity index is 879. The molecule has 0 spiro atoms. The molecule has 1 aliphatic heterocycles. The largest absolute Gasteiger partial charge is 0.353 e. The molecule has 0 radical (unpaired) electrons. The number of aromatic nitrogens is 4. The highest BCUT2D eigenvalue weighted by Crippen LogP contribution is 2.19. The molecular formula is C18H19N7OS. The van der Waals surface area contributed by atoms with E-state index in [4.69, 9.17) is 0 Å². The summed E-state index contributed by atoms with van der Waals surface area (Å²) < 4.78 is 0. The van der Waals surface area contributed by atoms with Crippen LogP contribution in [0.15, 0.2) is 48.2 Å². The van der Waals surface area contributed by atoms with Gasteiger partial charge < -0.3 is 15.1 Å². The maximum absolute atomic E-state index is 12.6. The minimum absolute atomic E-state index is 0.100. The highest BCUT2D eigenvalue weighted by Gasteiger charge is 2.22. The topological polar surface area (TPSA) is 87.1 Å². The first-order valence-electron chi connectivity index (χ1n) is 8.70. The monoisotopic (exact) mass is 381 g/mol. The molecule has 1 amide bonds. The van der Waals surface area contributed by atoms with Crippen molar-refractivity contribution in [3.63, 3.8) is 0 Å². The first kappa shape index (κ1) is 17.3. The molecule has 4 rings (SSSR count). The van der Waals surface area contributed by atoms with E-state index in [1.54, 1.807) is 24.7 Å². The number of anilines is 3. The van der Waals surface area contributed by atoms with Crippen molar-refractivity contribution < 1.29 is 4.79 Å². The van der Waals surface area contributed by atoms with Crippen LogP contribution in [0.2, 0.25) is 0 Å². The average Bonchev–Trinajstić information content (AvgIpc) is 3.16. The van der Waals surface area contributed by atoms with Gasteiger partial charge in [-0.05, 0) is 18.2 Å². The van der Waals surface area contributed by atoms with Gasteiger partial charge in [0.2, 0.25) is 11.9 Å². The molecule has 3 aromatic rings. The van der Waals surface area contributed by atoms with Crippen molar-refractivity contribution in [3.8, 4) is 0 Å². The van der Waals surface area contributed by atoms with Gasteiger partial charge in [0.15, 0.2) is 5.13 Å². The Morgan fingerprint density at radius 1 is 1.04 bits per heavy atom. The Morgan fingerprint density at radius 3 is 2.56 bits per heavy atom. The third-order valence-corrected chi connectivity index (χ3v) is 5.08. The lowest BCUT2D eigenvalue weighted by Crippen LogP contribution is -2.49. The van der Waals surface area contributed by atoms with Gasteiger partial charge in [-0.15, -0.1) is 11.3 Å². The Labute approximate surface area is 160 Å². The predicted molar refractivity (Wildman–Crippen MR) is 104 cm³/mol. The zero-order valence-electron chi connectivity index (χ0n) is 14.7. The van der Waals surface area contributed by atoms with Crippen LogP contribution in [0, 0.1) is 0 Å². The lowest BCUT2D eigenvalue weighted by molar-refractivity contribution is -0.130. The van der Waals surface area contributed by atoms with Gasteiger partial charge in [-0.3, -0.25) is 4.79 Å². The summed E-state index contributed by atoms with van der Waals surface area (Å²) in [5.74, 6) is 1.56. The van der Waals surface area contributed by atoms with Crippen molar-refractivity contribution in [2.75, 3.05) is 36.4 Å². The van der Waals surface area contributed by atoms with Gasteiger partial charge in [0.1, 0.15) is 5.82 Å². The molecule has 0 aliphatic carbocycles. The number of nitrogens with zero attached hydrogens (tertiary/aromatic N) is 6. The molecule has 138 valence electrons. The number of rotatable bonds is 5. The molecule has 1 N–H and O–H groups in total. The Morgan fingerprint density at radius 2 is 1.81 bits per heavy atom. The minimum Gasteiger partial charge on any atom is -0.353 e. The zero-order valence-corrected chi connectivity index (χ0v) is 15.5. The summed E-state index contributed by atoms with van der Waals surface area (Å²) in [4.78, 5) is 33.7. The molecule has 0 unspecified atom stereocenters. The predicted octanol–water partition coefficient (Wildman–Crippen LogP) is 1.96. The molecule has 0 saturated carbocycles. The fourth-order valence-electron chi connectivity index (χ4n) is 2.90. The molecule has 0 atom stereocenters. The van der Waals surface area contributed by atoms with Gasteiger partial charge in [0.05, 0.1) is 12.1 Å². The Balaban J connectivity index is 1.30. The summed E-state index contributed by atoms with van der Waals surface area (Å²) >= 11 is 1.44. The van der Waals surface area contributed by atoms with E-state index < -0.39 is 0 Å². The molecular weight excluding hydrogens is 362 g/mol. The number of amides is 1. The highest BCUT2D eigenvalue weighted by atomic mass is 32.1. The van der Waals surface area contributed by atoms with Crippen LogP contribution in [0.1, 0.15) is 5.69 Å². The number of carbonyl (C=O) groups excluding carboxylic acids is 1. The van der Waals surface area contributed by atoms with Gasteiger partial charge in [0, 0.05) is 50.1 Å². The Kier molecular flexibility index (Phi) is 5.20. The van der Waals surface area contributed by atoms with Crippen molar-refractivity contribution >= 4 is 34.1 Å². The van der Waals surface area contributed by atoms with Crippen molar-refractivity contribution in [1.82, 2.24) is 24.8 Å². The van der Waals surface area contributed by atoms with Crippen molar-refractivity contribution in [1.29, 1.82) is 0 Å². The summed E-state index contributed by atoms with van der Waals surface area (Å²) in [5.41, 5.74) is 0.760. The molecule has 1 fully saturated rings. The second-order valence-electron chi connectivity index (χ2n) is 6.07. The number of carbonyl (C=O) groups is 1. The molecule has 8 nitrogen and oxygen atoms in total. The third kappa shape index (κ3) is 4.37. The second kappa shape index (κ2) is 8.09. The van der Waals surface area contributed by atoms with E-state index in [0.29, 0.717) is 30.6 Å². The normalized spacial score (nSPS) is 14.2. The van der Waals surface area contributed by atoms with Crippen LogP contribution in [0.25, 0.3) is 0 Å². The van der Waals surface area contributed by atoms with E-state index >= 15 is 0 Å². The van der Waals surface area contributed by atoms with Gasteiger partial charge in [-0.1, -0.05) is 6.07 Å². The SMILES string of the molecule is O=C(Cc1csc(Nc2ncccn2)n1)N1CCN(c2ccccn2)CC1. The average molecular weight is 381 g/mol. The first-order chi connectivity index (χ1) is 13.3. The number of piperazine rings is 1. The van der Waals surface area contributed by atoms with E-state index in [2.05, 4.69) is 30.2 Å². The van der Waals surface area contributed by atoms with Crippen LogP contribution in [0.3, 0.4) is 0 Å². The number of hydrogen-bond donors (Lipinski definition) is 1. The van der Waals surface area contributed by atoms with Gasteiger partial charge in [0.25, 0.3) is 0 Å². The molecule has 1 aliphatic rings. The quantitative estimate of drug-likeness (QED) is 0.723. The maximum atomic E-state index is 12.6. The van der Waals surface area contributed by atoms with Crippen molar-refractivity contribution in [2.45, 2.75) is 6.42 Å². The van der Waals surface area contributed by atoms with E-state index in [1.807, 2.05) is 28.5 Å². The zero-order chi connectivity index (χ0) is 18.5. The van der Waals surface area contributed by atoms with Gasteiger partial charge >= 0.3 is 0 Å². The first-order valence-corrected chi connectivity index (χ1v) is 9.58. The van der Waals surface area contributed by atoms with Crippen molar-refractivity contribution in [2.24, 2.45) is 0 Å². The molecule has 3 aromatic heterocycles. The number of nitrogens with one attached hydrogen (secondary N) is 1. The second-order valence-corrected chi connectivity index (χ2v) is 6.93. The lowest BCUT2D eigenvalue weighted by atomic mass is 10.2. The summed E-state index contributed by atoms with van der Waals surface area (Å²) in [6.45, 7) is 2.97. The lowest BCUT2D eigenvalue weighted by Gasteiger charge is -2.35. The molecule has 4 heterocycles. The van der Waals surface area contributed by atoms with Crippen LogP contribution in [-0.4, -0.2) is 56.9 Å². The molecule has 0 aromatic carbocycles. The van der Waals surface area contributed by atoms with E-state index in [0.717, 1.165) is 24.6 Å². The summed E-state index contributed by atoms with van der Waals surface area (Å²) in [6.07, 6.45) is 5.43. The molecule has 0 bridgehead atoms. The molecule has 9 heteroatoms. The van der Waals surface area contributed by atoms with Gasteiger partial charge in [-0.2, -0.15) is 0 Å². The fourth-order valence-corrected chi connectivity index (χ4v) is 3.60. The van der Waals surface area contributed by atoms with Crippen LogP contribution in [-0.2, 0) is 11.2 Å². The summed E-state index contributed by atoms with van der Waals surface area (Å²) in [7, 11) is 0. The number of thiazole rings is 1. The number of hydrogen-bond acceptors (Lipinski definition) is 8. The smallest absolute Gasteiger partial charge is 0.228 e. The van der Waals surface area contributed by atoms with Gasteiger partial charge in [-0.25, -0.2) is 19.9 Å². The Hall–Kier alpha value is -3.07. The molecule has 1 saturated heterocycles. The summed E-state index contributed by atoms with van der Waals surface area (Å²) in [5, 5.41) is 5.63. The van der Waals surface area contributed by atoms with E-state index in [1.165, 1.54) is 11.3 Å². The van der Waals surface area contributed by atoms with Crippen LogP contribution < -0.4 is 10.2 Å². The van der Waals surface area contributed by atoms with Crippen LogP contribution in [0.4, 0.5) is 16.9 Å². The molecule has 27 heavy (non-hydrogen) atoms. The fraction of sp³-hybridized carbons (Fsp3) is 0.278. The van der Waals surface area contributed by atoms with E-state index in [-0.39, 0.29) is 5.91 Å². The standard InChI is InChI=1S/C18H19N7OS/c26-16(25-10-8-24(9-11-25)15-4-1-2-5-19-15)12-14-13-27-18(22-14)23-17-20-6-3-7-21-17/h1-7,13H,8-12H2,(H,20,21,22,23). The van der Waals surface area contributed by atoms with Crippen LogP contribution in [0.5, 0.6) is 0 Å². The van der Waals surface area contributed by atoms with Crippen LogP contribution >= 0.6 is 11.3 Å². The number of pyridine rings is 1. The minimum atomic E-state index is 0.100. The maximum Gasteiger partial charge on any atom is 0.228 e. The van der Waals surface area contributed by atoms with E-state index in [9.17, 15) is 4.79 Å².